The van der Waals surface area contributed by atoms with Gasteiger partial charge in [0.15, 0.2) is 0 Å². The third-order valence-electron chi connectivity index (χ3n) is 3.93. The Kier molecular flexibility index (Phi) is 5.67. The summed E-state index contributed by atoms with van der Waals surface area (Å²) >= 11 is 0. The molecule has 0 amide bonds. The molecule has 1 fully saturated rings. The van der Waals surface area contributed by atoms with E-state index in [1.807, 2.05) is 0 Å². The zero-order valence-corrected chi connectivity index (χ0v) is 13.5. The van der Waals surface area contributed by atoms with Gasteiger partial charge in [0.05, 0.1) is 0 Å². The van der Waals surface area contributed by atoms with E-state index >= 15 is 0 Å². The summed E-state index contributed by atoms with van der Waals surface area (Å²) < 4.78 is 0. The van der Waals surface area contributed by atoms with E-state index in [1.165, 1.54) is 45.3 Å². The van der Waals surface area contributed by atoms with E-state index in [-0.39, 0.29) is 0 Å². The quantitative estimate of drug-likeness (QED) is 0.823. The van der Waals surface area contributed by atoms with Crippen molar-refractivity contribution in [3.8, 4) is 0 Å². The molecular formula is C16H34N2. The van der Waals surface area contributed by atoms with Gasteiger partial charge in [-0.15, -0.1) is 0 Å². The SMILES string of the molecule is CCCC1CN(C(C)(C)CC(C)(C)C)CCCN1. The molecule has 0 radical (unpaired) electrons. The Morgan fingerprint density at radius 3 is 2.39 bits per heavy atom. The van der Waals surface area contributed by atoms with Crippen molar-refractivity contribution in [2.75, 3.05) is 19.6 Å². The molecule has 0 aromatic heterocycles. The molecule has 1 aliphatic heterocycles. The van der Waals surface area contributed by atoms with Crippen LogP contribution in [0.1, 0.15) is 67.2 Å². The van der Waals surface area contributed by atoms with Crippen LogP contribution in [0.15, 0.2) is 0 Å². The minimum Gasteiger partial charge on any atom is -0.313 e. The zero-order chi connectivity index (χ0) is 13.8. The van der Waals surface area contributed by atoms with Gasteiger partial charge >= 0.3 is 0 Å². The monoisotopic (exact) mass is 254 g/mol. The van der Waals surface area contributed by atoms with Crippen molar-refractivity contribution in [3.05, 3.63) is 0 Å². The van der Waals surface area contributed by atoms with E-state index < -0.39 is 0 Å². The molecule has 2 heteroatoms. The summed E-state index contributed by atoms with van der Waals surface area (Å²) in [5.74, 6) is 0. The molecule has 1 rings (SSSR count). The number of hydrogen-bond donors (Lipinski definition) is 1. The van der Waals surface area contributed by atoms with Crippen LogP contribution >= 0.6 is 0 Å². The van der Waals surface area contributed by atoms with E-state index in [2.05, 4.69) is 51.8 Å². The van der Waals surface area contributed by atoms with Gasteiger partial charge in [-0.25, -0.2) is 0 Å². The topological polar surface area (TPSA) is 15.3 Å². The van der Waals surface area contributed by atoms with Crippen molar-refractivity contribution in [1.82, 2.24) is 10.2 Å². The van der Waals surface area contributed by atoms with E-state index in [0.717, 1.165) is 0 Å². The molecule has 0 bridgehead atoms. The highest BCUT2D eigenvalue weighted by atomic mass is 15.2. The van der Waals surface area contributed by atoms with Crippen molar-refractivity contribution < 1.29 is 0 Å². The fraction of sp³-hybridized carbons (Fsp3) is 1.00. The van der Waals surface area contributed by atoms with Crippen LogP contribution in [0.4, 0.5) is 0 Å². The normalized spacial score (nSPS) is 24.0. The van der Waals surface area contributed by atoms with Gasteiger partial charge in [0, 0.05) is 18.1 Å². The molecule has 0 saturated carbocycles. The van der Waals surface area contributed by atoms with Crippen LogP contribution in [0.2, 0.25) is 0 Å². The van der Waals surface area contributed by atoms with Gasteiger partial charge in [0.25, 0.3) is 0 Å². The first-order valence-corrected chi connectivity index (χ1v) is 7.73. The standard InChI is InChI=1S/C16H34N2/c1-7-9-14-12-18(11-8-10-17-14)16(5,6)13-15(2,3)4/h14,17H,7-13H2,1-6H3. The molecule has 0 aliphatic carbocycles. The van der Waals surface area contributed by atoms with Gasteiger partial charge in [-0.3, -0.25) is 4.90 Å². The molecule has 1 N–H and O–H groups in total. The van der Waals surface area contributed by atoms with Gasteiger partial charge < -0.3 is 5.32 Å². The largest absolute Gasteiger partial charge is 0.313 e. The van der Waals surface area contributed by atoms with E-state index in [4.69, 9.17) is 0 Å². The third kappa shape index (κ3) is 5.27. The summed E-state index contributed by atoms with van der Waals surface area (Å²) in [6.45, 7) is 17.9. The maximum atomic E-state index is 3.71. The predicted octanol–water partition coefficient (Wildman–Crippen LogP) is 3.67. The Bertz CT molecular complexity index is 240. The summed E-state index contributed by atoms with van der Waals surface area (Å²) in [6, 6.07) is 0.691. The van der Waals surface area contributed by atoms with Crippen molar-refractivity contribution >= 4 is 0 Å². The average Bonchev–Trinajstić information content (AvgIpc) is 2.40. The fourth-order valence-corrected chi connectivity index (χ4v) is 3.50. The second kappa shape index (κ2) is 6.38. The molecule has 0 aromatic rings. The number of nitrogens with one attached hydrogen (secondary N) is 1. The van der Waals surface area contributed by atoms with Crippen LogP contribution in [-0.2, 0) is 0 Å². The van der Waals surface area contributed by atoms with Crippen LogP contribution in [-0.4, -0.2) is 36.1 Å². The molecule has 1 unspecified atom stereocenters. The first kappa shape index (κ1) is 16.0. The Labute approximate surface area is 115 Å². The molecule has 2 nitrogen and oxygen atoms in total. The molecule has 1 aliphatic rings. The molecule has 108 valence electrons. The highest BCUT2D eigenvalue weighted by Gasteiger charge is 2.33. The number of nitrogens with zero attached hydrogens (tertiary/aromatic N) is 1. The molecule has 1 atom stereocenters. The van der Waals surface area contributed by atoms with Crippen molar-refractivity contribution in [2.24, 2.45) is 5.41 Å². The van der Waals surface area contributed by atoms with Crippen LogP contribution in [0, 0.1) is 5.41 Å². The minimum atomic E-state index is 0.316. The fourth-order valence-electron chi connectivity index (χ4n) is 3.50. The molecule has 1 heterocycles. The minimum absolute atomic E-state index is 0.316. The lowest BCUT2D eigenvalue weighted by Gasteiger charge is -2.43. The Balaban J connectivity index is 2.66. The van der Waals surface area contributed by atoms with E-state index in [1.54, 1.807) is 0 Å². The summed E-state index contributed by atoms with van der Waals surface area (Å²) in [7, 11) is 0. The highest BCUT2D eigenvalue weighted by Crippen LogP contribution is 2.32. The van der Waals surface area contributed by atoms with Crippen LogP contribution in [0.25, 0.3) is 0 Å². The summed E-state index contributed by atoms with van der Waals surface area (Å²) in [6.07, 6.45) is 5.14. The molecule has 18 heavy (non-hydrogen) atoms. The molecule has 0 aromatic carbocycles. The van der Waals surface area contributed by atoms with E-state index in [9.17, 15) is 0 Å². The van der Waals surface area contributed by atoms with Gasteiger partial charge in [-0.1, -0.05) is 34.1 Å². The highest BCUT2D eigenvalue weighted by molar-refractivity contribution is 4.89. The maximum Gasteiger partial charge on any atom is 0.0195 e. The van der Waals surface area contributed by atoms with Gasteiger partial charge in [-0.05, 0) is 51.6 Å². The Morgan fingerprint density at radius 2 is 1.83 bits per heavy atom. The number of rotatable bonds is 4. The molecular weight excluding hydrogens is 220 g/mol. The maximum absolute atomic E-state index is 3.71. The summed E-state index contributed by atoms with van der Waals surface area (Å²) in [4.78, 5) is 2.72. The molecule has 0 spiro atoms. The van der Waals surface area contributed by atoms with E-state index in [0.29, 0.717) is 17.0 Å². The zero-order valence-electron chi connectivity index (χ0n) is 13.5. The summed E-state index contributed by atoms with van der Waals surface area (Å²) in [5, 5.41) is 3.71. The predicted molar refractivity (Wildman–Crippen MR) is 81.0 cm³/mol. The lowest BCUT2D eigenvalue weighted by atomic mass is 9.80. The van der Waals surface area contributed by atoms with Gasteiger partial charge in [0.1, 0.15) is 0 Å². The lowest BCUT2D eigenvalue weighted by Crippen LogP contribution is -2.50. The Morgan fingerprint density at radius 1 is 1.17 bits per heavy atom. The Hall–Kier alpha value is -0.0800. The van der Waals surface area contributed by atoms with Crippen molar-refractivity contribution in [2.45, 2.75) is 78.8 Å². The van der Waals surface area contributed by atoms with Crippen LogP contribution in [0.3, 0.4) is 0 Å². The van der Waals surface area contributed by atoms with Crippen molar-refractivity contribution in [1.29, 1.82) is 0 Å². The average molecular weight is 254 g/mol. The van der Waals surface area contributed by atoms with Gasteiger partial charge in [0.2, 0.25) is 0 Å². The molecule has 1 saturated heterocycles. The second-order valence-corrected chi connectivity index (χ2v) is 7.79. The summed E-state index contributed by atoms with van der Waals surface area (Å²) in [5.41, 5.74) is 0.722. The van der Waals surface area contributed by atoms with Crippen LogP contribution in [0.5, 0.6) is 0 Å². The smallest absolute Gasteiger partial charge is 0.0195 e. The lowest BCUT2D eigenvalue weighted by molar-refractivity contribution is 0.0745. The van der Waals surface area contributed by atoms with Crippen molar-refractivity contribution in [3.63, 3.8) is 0 Å². The first-order valence-electron chi connectivity index (χ1n) is 7.73. The third-order valence-corrected chi connectivity index (χ3v) is 3.93. The second-order valence-electron chi connectivity index (χ2n) is 7.79. The van der Waals surface area contributed by atoms with Crippen LogP contribution < -0.4 is 5.32 Å². The number of hydrogen-bond acceptors (Lipinski definition) is 2. The first-order chi connectivity index (χ1) is 8.24. The van der Waals surface area contributed by atoms with Gasteiger partial charge in [-0.2, -0.15) is 0 Å².